The van der Waals surface area contributed by atoms with E-state index in [1.165, 1.54) is 33.4 Å². The van der Waals surface area contributed by atoms with E-state index in [0.29, 0.717) is 12.6 Å². The first-order chi connectivity index (χ1) is 17.2. The number of aromatic amines is 1. The van der Waals surface area contributed by atoms with Crippen molar-refractivity contribution in [1.82, 2.24) is 15.2 Å². The van der Waals surface area contributed by atoms with Gasteiger partial charge in [0.15, 0.2) is 0 Å². The fourth-order valence-corrected chi connectivity index (χ4v) is 5.49. The average molecular weight is 465 g/mol. The Morgan fingerprint density at radius 2 is 1.63 bits per heavy atom. The lowest BCUT2D eigenvalue weighted by molar-refractivity contribution is 0.0734. The molecule has 0 saturated carbocycles. The SMILES string of the molecule is O=C(c1ccc(N2CCC(NCc3cc4ccccc4[nH]3)CC2)cc1)N1CCc2ccccc2C1. The summed E-state index contributed by atoms with van der Waals surface area (Å²) in [6, 6.07) is 27.9. The van der Waals surface area contributed by atoms with E-state index >= 15 is 0 Å². The largest absolute Gasteiger partial charge is 0.371 e. The number of carbonyl (C=O) groups excluding carboxylic acids is 1. The molecule has 0 unspecified atom stereocenters. The molecule has 178 valence electrons. The predicted molar refractivity (Wildman–Crippen MR) is 142 cm³/mol. The van der Waals surface area contributed by atoms with Crippen LogP contribution in [0.15, 0.2) is 78.9 Å². The summed E-state index contributed by atoms with van der Waals surface area (Å²) in [5.41, 5.74) is 7.07. The molecule has 6 rings (SSSR count). The van der Waals surface area contributed by atoms with Crippen LogP contribution >= 0.6 is 0 Å². The summed E-state index contributed by atoms with van der Waals surface area (Å²) in [4.78, 5) is 21.0. The number of rotatable bonds is 5. The number of H-pyrrole nitrogens is 1. The van der Waals surface area contributed by atoms with E-state index in [2.05, 4.69) is 81.9 Å². The van der Waals surface area contributed by atoms with Crippen LogP contribution in [0.3, 0.4) is 0 Å². The molecule has 1 aromatic heterocycles. The number of benzene rings is 3. The van der Waals surface area contributed by atoms with Gasteiger partial charge in [-0.25, -0.2) is 0 Å². The number of hydrogen-bond acceptors (Lipinski definition) is 3. The van der Waals surface area contributed by atoms with Gasteiger partial charge in [0.1, 0.15) is 0 Å². The second-order valence-corrected chi connectivity index (χ2v) is 9.82. The average Bonchev–Trinajstić information content (AvgIpc) is 3.35. The molecule has 0 radical (unpaired) electrons. The molecule has 2 N–H and O–H groups in total. The van der Waals surface area contributed by atoms with Crippen LogP contribution < -0.4 is 10.2 Å². The molecular weight excluding hydrogens is 432 g/mol. The minimum Gasteiger partial charge on any atom is -0.371 e. The Balaban J connectivity index is 1.01. The van der Waals surface area contributed by atoms with E-state index in [9.17, 15) is 4.79 Å². The molecule has 5 heteroatoms. The summed E-state index contributed by atoms with van der Waals surface area (Å²) in [7, 11) is 0. The quantitative estimate of drug-likeness (QED) is 0.431. The number of piperidine rings is 1. The van der Waals surface area contributed by atoms with Crippen molar-refractivity contribution < 1.29 is 4.79 Å². The van der Waals surface area contributed by atoms with Crippen molar-refractivity contribution in [3.8, 4) is 0 Å². The van der Waals surface area contributed by atoms with Crippen LogP contribution in [0.5, 0.6) is 0 Å². The minimum absolute atomic E-state index is 0.130. The molecule has 1 fully saturated rings. The molecule has 5 nitrogen and oxygen atoms in total. The van der Waals surface area contributed by atoms with Gasteiger partial charge in [-0.2, -0.15) is 0 Å². The summed E-state index contributed by atoms with van der Waals surface area (Å²) in [6.07, 6.45) is 3.17. The fourth-order valence-electron chi connectivity index (χ4n) is 5.49. The summed E-state index contributed by atoms with van der Waals surface area (Å²) >= 11 is 0. The molecule has 0 atom stereocenters. The van der Waals surface area contributed by atoms with Gasteiger partial charge in [-0.1, -0.05) is 42.5 Å². The third kappa shape index (κ3) is 4.69. The Morgan fingerprint density at radius 1 is 0.886 bits per heavy atom. The molecule has 2 aliphatic rings. The first kappa shape index (κ1) is 21.9. The number of aromatic nitrogens is 1. The van der Waals surface area contributed by atoms with Crippen LogP contribution in [-0.4, -0.2) is 41.5 Å². The lowest BCUT2D eigenvalue weighted by atomic mass is 9.99. The molecule has 3 heterocycles. The molecule has 1 saturated heterocycles. The monoisotopic (exact) mass is 464 g/mol. The van der Waals surface area contributed by atoms with Crippen molar-refractivity contribution >= 4 is 22.5 Å². The van der Waals surface area contributed by atoms with E-state index in [4.69, 9.17) is 0 Å². The van der Waals surface area contributed by atoms with Crippen molar-refractivity contribution in [2.24, 2.45) is 0 Å². The topological polar surface area (TPSA) is 51.4 Å². The number of nitrogens with one attached hydrogen (secondary N) is 2. The Hall–Kier alpha value is -3.57. The van der Waals surface area contributed by atoms with Crippen LogP contribution in [0.1, 0.15) is 40.0 Å². The molecule has 0 spiro atoms. The number of hydrogen-bond donors (Lipinski definition) is 2. The van der Waals surface area contributed by atoms with Crippen molar-refractivity contribution in [3.05, 3.63) is 101 Å². The number of carbonyl (C=O) groups is 1. The van der Waals surface area contributed by atoms with E-state index in [-0.39, 0.29) is 5.91 Å². The Kier molecular flexibility index (Phi) is 6.01. The van der Waals surface area contributed by atoms with Gasteiger partial charge in [0.25, 0.3) is 5.91 Å². The third-order valence-corrected chi connectivity index (χ3v) is 7.56. The van der Waals surface area contributed by atoms with Crippen LogP contribution in [0.25, 0.3) is 10.9 Å². The molecule has 4 aromatic rings. The zero-order valence-corrected chi connectivity index (χ0v) is 20.0. The smallest absolute Gasteiger partial charge is 0.254 e. The van der Waals surface area contributed by atoms with Gasteiger partial charge in [0.05, 0.1) is 0 Å². The minimum atomic E-state index is 0.130. The molecule has 2 aliphatic heterocycles. The van der Waals surface area contributed by atoms with Gasteiger partial charge in [0, 0.05) is 61.2 Å². The second kappa shape index (κ2) is 9.59. The van der Waals surface area contributed by atoms with Crippen LogP contribution in [0.2, 0.25) is 0 Å². The second-order valence-electron chi connectivity index (χ2n) is 9.82. The van der Waals surface area contributed by atoms with E-state index in [0.717, 1.165) is 51.0 Å². The number of para-hydroxylation sites is 1. The van der Waals surface area contributed by atoms with Crippen molar-refractivity contribution in [2.75, 3.05) is 24.5 Å². The fraction of sp³-hybridized carbons (Fsp3) is 0.300. The summed E-state index contributed by atoms with van der Waals surface area (Å²) in [6.45, 7) is 4.42. The highest BCUT2D eigenvalue weighted by Crippen LogP contribution is 2.24. The lowest BCUT2D eigenvalue weighted by Gasteiger charge is -2.34. The highest BCUT2D eigenvalue weighted by atomic mass is 16.2. The Labute approximate surface area is 206 Å². The first-order valence-corrected chi connectivity index (χ1v) is 12.7. The maximum absolute atomic E-state index is 13.1. The standard InChI is InChI=1S/C30H32N4O/c35-30(34-16-13-22-5-1-2-7-25(22)21-34)23-9-11-28(12-10-23)33-17-14-26(15-18-33)31-20-27-19-24-6-3-4-8-29(24)32-27/h1-12,19,26,31-32H,13-18,20-21H2. The van der Waals surface area contributed by atoms with Gasteiger partial charge in [-0.15, -0.1) is 0 Å². The lowest BCUT2D eigenvalue weighted by Crippen LogP contribution is -2.42. The summed E-state index contributed by atoms with van der Waals surface area (Å²) in [5, 5.41) is 5.00. The Bertz CT molecular complexity index is 1280. The molecule has 0 bridgehead atoms. The maximum atomic E-state index is 13.1. The van der Waals surface area contributed by atoms with E-state index < -0.39 is 0 Å². The number of nitrogens with zero attached hydrogens (tertiary/aromatic N) is 2. The van der Waals surface area contributed by atoms with Crippen molar-refractivity contribution in [1.29, 1.82) is 0 Å². The Morgan fingerprint density at radius 3 is 2.43 bits per heavy atom. The number of anilines is 1. The molecule has 3 aromatic carbocycles. The first-order valence-electron chi connectivity index (χ1n) is 12.7. The summed E-state index contributed by atoms with van der Waals surface area (Å²) < 4.78 is 0. The van der Waals surface area contributed by atoms with E-state index in [1.807, 2.05) is 17.0 Å². The van der Waals surface area contributed by atoms with Gasteiger partial charge in [-0.3, -0.25) is 4.79 Å². The van der Waals surface area contributed by atoms with E-state index in [1.54, 1.807) is 0 Å². The van der Waals surface area contributed by atoms with Gasteiger partial charge in [0.2, 0.25) is 0 Å². The van der Waals surface area contributed by atoms with Gasteiger partial charge in [-0.05, 0) is 72.2 Å². The van der Waals surface area contributed by atoms with Crippen molar-refractivity contribution in [2.45, 2.75) is 38.4 Å². The van der Waals surface area contributed by atoms with Crippen LogP contribution in [-0.2, 0) is 19.5 Å². The zero-order valence-electron chi connectivity index (χ0n) is 20.0. The normalized spacial score (nSPS) is 16.5. The van der Waals surface area contributed by atoms with Crippen LogP contribution in [0.4, 0.5) is 5.69 Å². The third-order valence-electron chi connectivity index (χ3n) is 7.56. The predicted octanol–water partition coefficient (Wildman–Crippen LogP) is 5.13. The molecule has 35 heavy (non-hydrogen) atoms. The maximum Gasteiger partial charge on any atom is 0.254 e. The van der Waals surface area contributed by atoms with Gasteiger partial charge >= 0.3 is 0 Å². The zero-order chi connectivity index (χ0) is 23.6. The molecule has 0 aliphatic carbocycles. The molecule has 1 amide bonds. The highest BCUT2D eigenvalue weighted by Gasteiger charge is 2.23. The van der Waals surface area contributed by atoms with Gasteiger partial charge < -0.3 is 20.1 Å². The van der Waals surface area contributed by atoms with Crippen molar-refractivity contribution in [3.63, 3.8) is 0 Å². The summed E-state index contributed by atoms with van der Waals surface area (Å²) in [5.74, 6) is 0.130. The number of fused-ring (bicyclic) bond motifs is 2. The molecular formula is C30H32N4O. The van der Waals surface area contributed by atoms with Crippen LogP contribution in [0, 0.1) is 0 Å². The highest BCUT2D eigenvalue weighted by molar-refractivity contribution is 5.94. The number of amides is 1.